The zero-order chi connectivity index (χ0) is 22.9. The van der Waals surface area contributed by atoms with E-state index in [1.165, 1.54) is 0 Å². The number of hydrogen-bond donors (Lipinski definition) is 0. The molecule has 3 rings (SSSR count). The molecule has 0 bridgehead atoms. The summed E-state index contributed by atoms with van der Waals surface area (Å²) in [6, 6.07) is 15.1. The van der Waals surface area contributed by atoms with Crippen LogP contribution in [0.25, 0.3) is 11.0 Å². The normalized spacial score (nSPS) is 11.8. The van der Waals surface area contributed by atoms with E-state index in [1.807, 2.05) is 31.2 Å². The van der Waals surface area contributed by atoms with Crippen LogP contribution in [0.15, 0.2) is 51.7 Å². The van der Waals surface area contributed by atoms with Gasteiger partial charge in [-0.25, -0.2) is 4.79 Å². The second-order valence-electron chi connectivity index (χ2n) is 7.95. The Hall–Kier alpha value is -3.26. The molecule has 1 aromatic heterocycles. The smallest absolute Gasteiger partial charge is 0.340 e. The summed E-state index contributed by atoms with van der Waals surface area (Å²) in [7, 11) is 0. The van der Waals surface area contributed by atoms with Gasteiger partial charge >= 0.3 is 5.63 Å². The maximum absolute atomic E-state index is 13.1. The molecule has 0 spiro atoms. The van der Waals surface area contributed by atoms with Gasteiger partial charge in [0.25, 0.3) is 0 Å². The molecule has 2 aromatic carbocycles. The predicted molar refractivity (Wildman–Crippen MR) is 127 cm³/mol. The molecule has 1 atom stereocenters. The van der Waals surface area contributed by atoms with Crippen molar-refractivity contribution in [2.75, 3.05) is 13.2 Å². The number of nitrogens with zero attached hydrogens (tertiary/aromatic N) is 1. The first-order valence-corrected chi connectivity index (χ1v) is 11.5. The van der Waals surface area contributed by atoms with Crippen molar-refractivity contribution in [1.82, 2.24) is 0 Å². The third-order valence-electron chi connectivity index (χ3n) is 5.41. The van der Waals surface area contributed by atoms with E-state index in [1.54, 1.807) is 18.2 Å². The Balaban J connectivity index is 2.12. The molecule has 0 aliphatic carbocycles. The van der Waals surface area contributed by atoms with Gasteiger partial charge in [-0.3, -0.25) is 0 Å². The molecule has 1 unspecified atom stereocenters. The Morgan fingerprint density at radius 2 is 1.69 bits per heavy atom. The number of nitriles is 1. The Labute approximate surface area is 189 Å². The zero-order valence-corrected chi connectivity index (χ0v) is 19.1. The number of rotatable bonds is 11. The summed E-state index contributed by atoms with van der Waals surface area (Å²) in [5, 5.41) is 9.90. The average Bonchev–Trinajstić information content (AvgIpc) is 2.82. The molecule has 32 heavy (non-hydrogen) atoms. The summed E-state index contributed by atoms with van der Waals surface area (Å²) in [6.45, 7) is 7.38. The highest BCUT2D eigenvalue weighted by atomic mass is 16.5. The topological polar surface area (TPSA) is 72.5 Å². The van der Waals surface area contributed by atoms with E-state index in [2.05, 4.69) is 19.9 Å². The average molecular weight is 434 g/mol. The van der Waals surface area contributed by atoms with Crippen LogP contribution >= 0.6 is 0 Å². The first-order chi connectivity index (χ1) is 15.6. The van der Waals surface area contributed by atoms with E-state index < -0.39 is 0 Å². The Bertz CT molecular complexity index is 1130. The molecule has 0 amide bonds. The Morgan fingerprint density at radius 1 is 0.969 bits per heavy atom. The largest absolute Gasteiger partial charge is 0.493 e. The van der Waals surface area contributed by atoms with Gasteiger partial charge in [-0.15, -0.1) is 0 Å². The number of benzene rings is 2. The summed E-state index contributed by atoms with van der Waals surface area (Å²) in [6.07, 6.45) is 4.58. The molecule has 0 fully saturated rings. The van der Waals surface area contributed by atoms with Crippen molar-refractivity contribution < 1.29 is 13.9 Å². The summed E-state index contributed by atoms with van der Waals surface area (Å²) < 4.78 is 17.6. The van der Waals surface area contributed by atoms with Crippen LogP contribution in [0.2, 0.25) is 0 Å². The number of unbranched alkanes of at least 4 members (excludes halogenated alkanes) is 1. The number of hydrogen-bond acceptors (Lipinski definition) is 5. The van der Waals surface area contributed by atoms with Gasteiger partial charge < -0.3 is 13.9 Å². The lowest BCUT2D eigenvalue weighted by Crippen LogP contribution is -2.14. The number of fused-ring (bicyclic) bond motifs is 1. The summed E-state index contributed by atoms with van der Waals surface area (Å²) >= 11 is 0. The van der Waals surface area contributed by atoms with Crippen molar-refractivity contribution in [2.45, 2.75) is 58.8 Å². The lowest BCUT2D eigenvalue weighted by Gasteiger charge is -2.18. The fourth-order valence-electron chi connectivity index (χ4n) is 3.75. The van der Waals surface area contributed by atoms with E-state index in [0.29, 0.717) is 41.4 Å². The maximum atomic E-state index is 13.1. The maximum Gasteiger partial charge on any atom is 0.340 e. The quantitative estimate of drug-likeness (QED) is 0.320. The van der Waals surface area contributed by atoms with Crippen LogP contribution in [0.1, 0.15) is 75.5 Å². The molecular formula is C27H31NO4. The molecule has 168 valence electrons. The Kier molecular flexibility index (Phi) is 8.33. The van der Waals surface area contributed by atoms with E-state index in [9.17, 15) is 4.79 Å². The van der Waals surface area contributed by atoms with Crippen LogP contribution in [0.3, 0.4) is 0 Å². The van der Waals surface area contributed by atoms with Crippen LogP contribution in [-0.4, -0.2) is 13.2 Å². The van der Waals surface area contributed by atoms with Gasteiger partial charge in [0.15, 0.2) is 0 Å². The van der Waals surface area contributed by atoms with E-state index >= 15 is 0 Å². The molecule has 1 heterocycles. The van der Waals surface area contributed by atoms with Crippen molar-refractivity contribution in [3.05, 3.63) is 69.6 Å². The highest BCUT2D eigenvalue weighted by molar-refractivity contribution is 5.85. The van der Waals surface area contributed by atoms with Crippen LogP contribution in [0, 0.1) is 11.3 Å². The van der Waals surface area contributed by atoms with Crippen molar-refractivity contribution in [2.24, 2.45) is 0 Å². The lowest BCUT2D eigenvalue weighted by atomic mass is 9.87. The van der Waals surface area contributed by atoms with E-state index in [-0.39, 0.29) is 11.5 Å². The van der Waals surface area contributed by atoms with Crippen LogP contribution in [0.5, 0.6) is 11.5 Å². The first-order valence-electron chi connectivity index (χ1n) is 11.5. The molecule has 0 aliphatic heterocycles. The van der Waals surface area contributed by atoms with Crippen LogP contribution in [0.4, 0.5) is 0 Å². The molecule has 0 saturated heterocycles. The third-order valence-corrected chi connectivity index (χ3v) is 5.41. The van der Waals surface area contributed by atoms with Gasteiger partial charge in [-0.05, 0) is 43.0 Å². The standard InChI is InChI=1S/C27H31NO4/c1-4-7-8-22(20-11-9-19(18-28)10-12-20)23-17-24-25(31-14-6-3)15-21(30-13-5-2)16-26(24)32-27(23)29/h9-12,15-17,22H,4-8,13-14H2,1-3H3. The van der Waals surface area contributed by atoms with Crippen molar-refractivity contribution in [3.63, 3.8) is 0 Å². The monoisotopic (exact) mass is 433 g/mol. The molecule has 5 heteroatoms. The van der Waals surface area contributed by atoms with E-state index in [4.69, 9.17) is 19.2 Å². The second-order valence-corrected chi connectivity index (χ2v) is 7.95. The molecule has 0 saturated carbocycles. The first kappa shape index (κ1) is 23.4. The van der Waals surface area contributed by atoms with Crippen molar-refractivity contribution in [3.8, 4) is 17.6 Å². The minimum atomic E-state index is -0.350. The highest BCUT2D eigenvalue weighted by Gasteiger charge is 2.21. The van der Waals surface area contributed by atoms with Gasteiger partial charge in [0.1, 0.15) is 17.1 Å². The van der Waals surface area contributed by atoms with Crippen LogP contribution in [-0.2, 0) is 0 Å². The minimum Gasteiger partial charge on any atom is -0.493 e. The summed E-state index contributed by atoms with van der Waals surface area (Å²) in [5.41, 5.74) is 2.33. The fraction of sp³-hybridized carbons (Fsp3) is 0.407. The second kappa shape index (κ2) is 11.4. The van der Waals surface area contributed by atoms with Crippen molar-refractivity contribution in [1.29, 1.82) is 5.26 Å². The van der Waals surface area contributed by atoms with Gasteiger partial charge in [-0.2, -0.15) is 5.26 Å². The zero-order valence-electron chi connectivity index (χ0n) is 19.1. The van der Waals surface area contributed by atoms with E-state index in [0.717, 1.165) is 43.1 Å². The van der Waals surface area contributed by atoms with Gasteiger partial charge in [0, 0.05) is 23.6 Å². The molecule has 0 radical (unpaired) electrons. The van der Waals surface area contributed by atoms with Crippen molar-refractivity contribution >= 4 is 11.0 Å². The summed E-state index contributed by atoms with van der Waals surface area (Å²) in [5.74, 6) is 1.18. The molecule has 0 aliphatic rings. The third kappa shape index (κ3) is 5.50. The number of ether oxygens (including phenoxy) is 2. The summed E-state index contributed by atoms with van der Waals surface area (Å²) in [4.78, 5) is 13.1. The van der Waals surface area contributed by atoms with Crippen LogP contribution < -0.4 is 15.1 Å². The van der Waals surface area contributed by atoms with Gasteiger partial charge in [-0.1, -0.05) is 45.7 Å². The molecule has 0 N–H and O–H groups in total. The molecule has 5 nitrogen and oxygen atoms in total. The SMILES string of the molecule is CCCCC(c1ccc(C#N)cc1)c1cc2c(OCCC)cc(OCCC)cc2oc1=O. The minimum absolute atomic E-state index is 0.113. The Morgan fingerprint density at radius 3 is 2.34 bits per heavy atom. The molecular weight excluding hydrogens is 402 g/mol. The predicted octanol–water partition coefficient (Wildman–Crippen LogP) is 6.56. The lowest BCUT2D eigenvalue weighted by molar-refractivity contribution is 0.303. The van der Waals surface area contributed by atoms with Gasteiger partial charge in [0.2, 0.25) is 0 Å². The molecule has 3 aromatic rings. The highest BCUT2D eigenvalue weighted by Crippen LogP contribution is 2.35. The van der Waals surface area contributed by atoms with Gasteiger partial charge in [0.05, 0.1) is 30.2 Å². The fourth-order valence-corrected chi connectivity index (χ4v) is 3.75.